The minimum Gasteiger partial charge on any atom is -0.343 e. The summed E-state index contributed by atoms with van der Waals surface area (Å²) in [5.41, 5.74) is 5.48. The van der Waals surface area contributed by atoms with Crippen LogP contribution < -0.4 is 11.0 Å². The standard InChI is InChI=1S/C5H13N3O3/c9-5(10,11)4-8-3-1-2-6-7-8/h6-7,9-11H,1-4H2. The Morgan fingerprint density at radius 3 is 2.55 bits per heavy atom. The highest BCUT2D eigenvalue weighted by atomic mass is 16.7. The number of hydrogen-bond donors (Lipinski definition) is 5. The summed E-state index contributed by atoms with van der Waals surface area (Å²) in [6.45, 7) is 1.28. The van der Waals surface area contributed by atoms with E-state index in [1.165, 1.54) is 5.01 Å². The van der Waals surface area contributed by atoms with E-state index in [1.54, 1.807) is 0 Å². The lowest BCUT2D eigenvalue weighted by Gasteiger charge is -2.30. The minimum atomic E-state index is -2.62. The Morgan fingerprint density at radius 1 is 1.36 bits per heavy atom. The van der Waals surface area contributed by atoms with E-state index < -0.39 is 5.97 Å². The molecule has 1 heterocycles. The number of nitrogens with one attached hydrogen (secondary N) is 2. The average molecular weight is 163 g/mol. The number of rotatable bonds is 2. The van der Waals surface area contributed by atoms with Crippen LogP contribution in [-0.2, 0) is 0 Å². The monoisotopic (exact) mass is 163 g/mol. The zero-order chi connectivity index (χ0) is 8.32. The van der Waals surface area contributed by atoms with E-state index in [4.69, 9.17) is 15.3 Å². The van der Waals surface area contributed by atoms with Crippen LogP contribution >= 0.6 is 0 Å². The molecule has 0 amide bonds. The Hall–Kier alpha value is -0.240. The zero-order valence-electron chi connectivity index (χ0n) is 6.12. The van der Waals surface area contributed by atoms with E-state index in [-0.39, 0.29) is 6.54 Å². The smallest absolute Gasteiger partial charge is 0.290 e. The predicted octanol–water partition coefficient (Wildman–Crippen LogP) is -2.67. The summed E-state index contributed by atoms with van der Waals surface area (Å²) in [5, 5.41) is 27.2. The molecule has 0 radical (unpaired) electrons. The maximum atomic E-state index is 8.57. The summed E-state index contributed by atoms with van der Waals surface area (Å²) in [6, 6.07) is 0. The van der Waals surface area contributed by atoms with Gasteiger partial charge < -0.3 is 15.3 Å². The normalized spacial score (nSPS) is 22.1. The molecule has 1 aliphatic heterocycles. The van der Waals surface area contributed by atoms with Gasteiger partial charge in [0.2, 0.25) is 0 Å². The fourth-order valence-corrected chi connectivity index (χ4v) is 0.957. The van der Waals surface area contributed by atoms with Crippen molar-refractivity contribution in [3.63, 3.8) is 0 Å². The van der Waals surface area contributed by atoms with Gasteiger partial charge in [-0.2, -0.15) is 5.53 Å². The van der Waals surface area contributed by atoms with Gasteiger partial charge in [0.1, 0.15) is 0 Å². The molecule has 1 aliphatic rings. The van der Waals surface area contributed by atoms with Crippen LogP contribution in [0.4, 0.5) is 0 Å². The highest BCUT2D eigenvalue weighted by Gasteiger charge is 2.23. The molecule has 1 saturated heterocycles. The molecule has 0 bridgehead atoms. The molecule has 11 heavy (non-hydrogen) atoms. The molecule has 0 aromatic heterocycles. The molecule has 5 N–H and O–H groups in total. The summed E-state index contributed by atoms with van der Waals surface area (Å²) in [6.07, 6.45) is 0.906. The molecule has 0 aromatic carbocycles. The van der Waals surface area contributed by atoms with Crippen LogP contribution in [0.25, 0.3) is 0 Å². The highest BCUT2D eigenvalue weighted by molar-refractivity contribution is 4.60. The molecule has 0 unspecified atom stereocenters. The van der Waals surface area contributed by atoms with E-state index in [0.29, 0.717) is 6.54 Å². The second-order valence-electron chi connectivity index (χ2n) is 2.59. The van der Waals surface area contributed by atoms with Gasteiger partial charge >= 0.3 is 0 Å². The van der Waals surface area contributed by atoms with Crippen molar-refractivity contribution in [2.45, 2.75) is 12.4 Å². The number of β-amino-alcohol motifs (C(OH)–C–C–N with tert-alkyl or cyclic N) is 3. The third-order valence-electron chi connectivity index (χ3n) is 1.37. The lowest BCUT2D eigenvalue weighted by Crippen LogP contribution is -2.57. The lowest BCUT2D eigenvalue weighted by molar-refractivity contribution is -0.321. The summed E-state index contributed by atoms with van der Waals surface area (Å²) in [4.78, 5) is 0. The van der Waals surface area contributed by atoms with E-state index in [2.05, 4.69) is 11.0 Å². The maximum absolute atomic E-state index is 8.57. The van der Waals surface area contributed by atoms with Gasteiger partial charge in [-0.3, -0.25) is 0 Å². The average Bonchev–Trinajstić information content (AvgIpc) is 1.85. The second kappa shape index (κ2) is 3.44. The third-order valence-corrected chi connectivity index (χ3v) is 1.37. The molecule has 6 nitrogen and oxygen atoms in total. The summed E-state index contributed by atoms with van der Waals surface area (Å²) in [7, 11) is 0. The van der Waals surface area contributed by atoms with Crippen LogP contribution in [0.2, 0.25) is 0 Å². The molecule has 0 spiro atoms. The molecule has 0 aliphatic carbocycles. The summed E-state index contributed by atoms with van der Waals surface area (Å²) >= 11 is 0. The number of nitrogens with zero attached hydrogens (tertiary/aromatic N) is 1. The Balaban J connectivity index is 2.24. The van der Waals surface area contributed by atoms with Gasteiger partial charge in [-0.15, -0.1) is 0 Å². The first kappa shape index (κ1) is 8.85. The molecule has 0 atom stereocenters. The summed E-state index contributed by atoms with van der Waals surface area (Å²) in [5.74, 6) is -2.62. The second-order valence-corrected chi connectivity index (χ2v) is 2.59. The third kappa shape index (κ3) is 3.61. The van der Waals surface area contributed by atoms with Gasteiger partial charge in [-0.05, 0) is 6.42 Å². The molecular weight excluding hydrogens is 150 g/mol. The van der Waals surface area contributed by atoms with E-state index >= 15 is 0 Å². The first-order chi connectivity index (χ1) is 5.08. The molecule has 1 rings (SSSR count). The van der Waals surface area contributed by atoms with Crippen molar-refractivity contribution in [3.8, 4) is 0 Å². The Morgan fingerprint density at radius 2 is 2.09 bits per heavy atom. The topological polar surface area (TPSA) is 88.0 Å². The minimum absolute atomic E-state index is 0.236. The van der Waals surface area contributed by atoms with E-state index in [0.717, 1.165) is 13.0 Å². The molecule has 6 heteroatoms. The number of hydrazine groups is 2. The van der Waals surface area contributed by atoms with Gasteiger partial charge in [0, 0.05) is 13.1 Å². The first-order valence-electron chi connectivity index (χ1n) is 3.48. The van der Waals surface area contributed by atoms with Crippen LogP contribution in [0, 0.1) is 0 Å². The van der Waals surface area contributed by atoms with Crippen LogP contribution in [-0.4, -0.2) is 45.9 Å². The molecule has 0 saturated carbocycles. The fourth-order valence-electron chi connectivity index (χ4n) is 0.957. The Labute approximate surface area is 64.4 Å². The van der Waals surface area contributed by atoms with Crippen molar-refractivity contribution in [2.75, 3.05) is 19.6 Å². The van der Waals surface area contributed by atoms with Crippen molar-refractivity contribution in [1.29, 1.82) is 0 Å². The lowest BCUT2D eigenvalue weighted by atomic mass is 10.4. The van der Waals surface area contributed by atoms with Crippen molar-refractivity contribution in [3.05, 3.63) is 0 Å². The first-order valence-corrected chi connectivity index (χ1v) is 3.48. The van der Waals surface area contributed by atoms with E-state index in [9.17, 15) is 0 Å². The van der Waals surface area contributed by atoms with Gasteiger partial charge in [0.15, 0.2) is 0 Å². The molecule has 1 fully saturated rings. The van der Waals surface area contributed by atoms with E-state index in [1.807, 2.05) is 0 Å². The highest BCUT2D eigenvalue weighted by Crippen LogP contribution is 1.98. The van der Waals surface area contributed by atoms with Crippen LogP contribution in [0.1, 0.15) is 6.42 Å². The van der Waals surface area contributed by atoms with Crippen molar-refractivity contribution in [1.82, 2.24) is 16.0 Å². The van der Waals surface area contributed by atoms with Gasteiger partial charge in [-0.1, -0.05) is 0 Å². The molecule has 66 valence electrons. The fraction of sp³-hybridized carbons (Fsp3) is 1.00. The van der Waals surface area contributed by atoms with Gasteiger partial charge in [0.25, 0.3) is 5.97 Å². The maximum Gasteiger partial charge on any atom is 0.290 e. The molecular formula is C5H13N3O3. The van der Waals surface area contributed by atoms with Crippen molar-refractivity contribution >= 4 is 0 Å². The Bertz CT molecular complexity index is 119. The van der Waals surface area contributed by atoms with Crippen LogP contribution in [0.15, 0.2) is 0 Å². The van der Waals surface area contributed by atoms with Gasteiger partial charge in [0.05, 0.1) is 6.54 Å². The molecule has 0 aromatic rings. The largest absolute Gasteiger partial charge is 0.343 e. The number of aliphatic hydroxyl groups is 3. The van der Waals surface area contributed by atoms with Crippen LogP contribution in [0.5, 0.6) is 0 Å². The van der Waals surface area contributed by atoms with Crippen molar-refractivity contribution < 1.29 is 15.3 Å². The quantitative estimate of drug-likeness (QED) is 0.285. The van der Waals surface area contributed by atoms with Gasteiger partial charge in [-0.25, -0.2) is 10.4 Å². The zero-order valence-corrected chi connectivity index (χ0v) is 6.12. The summed E-state index contributed by atoms with van der Waals surface area (Å²) < 4.78 is 0. The SMILES string of the molecule is OC(O)(O)CN1CCCNN1. The predicted molar refractivity (Wildman–Crippen MR) is 36.7 cm³/mol. The number of hydrogen-bond acceptors (Lipinski definition) is 6. The van der Waals surface area contributed by atoms with Crippen LogP contribution in [0.3, 0.4) is 0 Å². The Kier molecular flexibility index (Phi) is 2.77. The van der Waals surface area contributed by atoms with Crippen molar-refractivity contribution in [2.24, 2.45) is 0 Å².